The molecule has 1 rings (SSSR count). The number of hydrogen-bond acceptors (Lipinski definition) is 4. The van der Waals surface area contributed by atoms with Crippen LogP contribution in [-0.2, 0) is 0 Å². The number of rotatable bonds is 3. The van der Waals surface area contributed by atoms with Crippen LogP contribution < -0.4 is 5.73 Å². The Morgan fingerprint density at radius 1 is 1.40 bits per heavy atom. The van der Waals surface area contributed by atoms with Gasteiger partial charge in [-0.2, -0.15) is 4.98 Å². The minimum atomic E-state index is -0.206. The van der Waals surface area contributed by atoms with Crippen molar-refractivity contribution < 1.29 is 4.52 Å². The van der Waals surface area contributed by atoms with Crippen molar-refractivity contribution in [3.05, 3.63) is 11.7 Å². The molecule has 0 spiro atoms. The van der Waals surface area contributed by atoms with E-state index in [-0.39, 0.29) is 11.5 Å². The molecule has 2 N–H and O–H groups in total. The summed E-state index contributed by atoms with van der Waals surface area (Å²) < 4.78 is 5.19. The van der Waals surface area contributed by atoms with Crippen LogP contribution in [-0.4, -0.2) is 10.1 Å². The summed E-state index contributed by atoms with van der Waals surface area (Å²) in [6.45, 7) is 10.4. The maximum atomic E-state index is 6.03. The molecule has 1 heterocycles. The summed E-state index contributed by atoms with van der Waals surface area (Å²) in [4.78, 5) is 4.34. The van der Waals surface area contributed by atoms with Gasteiger partial charge in [-0.25, -0.2) is 0 Å². The largest absolute Gasteiger partial charge is 0.338 e. The lowest BCUT2D eigenvalue weighted by atomic mass is 9.87. The van der Waals surface area contributed by atoms with Crippen LogP contribution in [0.4, 0.5) is 0 Å². The molecule has 1 aromatic rings. The zero-order chi connectivity index (χ0) is 11.6. The third-order valence-corrected chi connectivity index (χ3v) is 2.71. The molecule has 0 radical (unpaired) electrons. The highest BCUT2D eigenvalue weighted by molar-refractivity contribution is 4.99. The highest BCUT2D eigenvalue weighted by Gasteiger charge is 2.28. The maximum Gasteiger partial charge on any atom is 0.244 e. The van der Waals surface area contributed by atoms with Gasteiger partial charge >= 0.3 is 0 Å². The van der Waals surface area contributed by atoms with Crippen molar-refractivity contribution in [1.82, 2.24) is 10.1 Å². The first-order valence-electron chi connectivity index (χ1n) is 5.45. The van der Waals surface area contributed by atoms with Crippen LogP contribution in [0.5, 0.6) is 0 Å². The van der Waals surface area contributed by atoms with E-state index in [1.165, 1.54) is 0 Å². The van der Waals surface area contributed by atoms with Crippen molar-refractivity contribution in [2.75, 3.05) is 0 Å². The molecule has 0 aromatic carbocycles. The number of nitrogens with two attached hydrogens (primary N) is 1. The number of nitrogens with zero attached hydrogens (tertiary/aromatic N) is 2. The van der Waals surface area contributed by atoms with Crippen molar-refractivity contribution in [2.24, 2.45) is 11.1 Å². The van der Waals surface area contributed by atoms with Crippen molar-refractivity contribution in [1.29, 1.82) is 0 Å². The van der Waals surface area contributed by atoms with E-state index < -0.39 is 0 Å². The highest BCUT2D eigenvalue weighted by atomic mass is 16.5. The Morgan fingerprint density at radius 2 is 2.00 bits per heavy atom. The van der Waals surface area contributed by atoms with Gasteiger partial charge in [0.25, 0.3) is 0 Å². The quantitative estimate of drug-likeness (QED) is 0.834. The van der Waals surface area contributed by atoms with E-state index in [1.54, 1.807) is 0 Å². The molecule has 0 saturated heterocycles. The van der Waals surface area contributed by atoms with Crippen LogP contribution in [0.3, 0.4) is 0 Å². The summed E-state index contributed by atoms with van der Waals surface area (Å²) in [5.41, 5.74) is 5.97. The van der Waals surface area contributed by atoms with Gasteiger partial charge < -0.3 is 10.3 Å². The molecular formula is C11H21N3O. The van der Waals surface area contributed by atoms with Crippen LogP contribution in [0.15, 0.2) is 4.52 Å². The minimum absolute atomic E-state index is 0.0563. The van der Waals surface area contributed by atoms with E-state index in [4.69, 9.17) is 10.3 Å². The van der Waals surface area contributed by atoms with Crippen LogP contribution in [0.25, 0.3) is 0 Å². The maximum absolute atomic E-state index is 6.03. The Bertz CT molecular complexity index is 314. The molecule has 4 nitrogen and oxygen atoms in total. The first-order valence-corrected chi connectivity index (χ1v) is 5.45. The smallest absolute Gasteiger partial charge is 0.244 e. The van der Waals surface area contributed by atoms with Gasteiger partial charge in [0.05, 0.1) is 6.04 Å². The van der Waals surface area contributed by atoms with Crippen molar-refractivity contribution in [2.45, 2.75) is 53.0 Å². The lowest BCUT2D eigenvalue weighted by Gasteiger charge is -2.23. The molecule has 0 fully saturated rings. The summed E-state index contributed by atoms with van der Waals surface area (Å²) in [5.74, 6) is 1.62. The van der Waals surface area contributed by atoms with Gasteiger partial charge in [-0.15, -0.1) is 0 Å². The van der Waals surface area contributed by atoms with E-state index in [1.807, 2.05) is 0 Å². The molecule has 1 unspecified atom stereocenters. The Balaban J connectivity index is 2.85. The van der Waals surface area contributed by atoms with E-state index in [0.717, 1.165) is 12.2 Å². The second-order valence-electron chi connectivity index (χ2n) is 5.14. The molecule has 0 aliphatic heterocycles. The Kier molecular flexibility index (Phi) is 3.50. The van der Waals surface area contributed by atoms with E-state index in [9.17, 15) is 0 Å². The van der Waals surface area contributed by atoms with Gasteiger partial charge in [-0.05, 0) is 11.8 Å². The molecule has 0 aliphatic rings. The van der Waals surface area contributed by atoms with Crippen LogP contribution >= 0.6 is 0 Å². The molecule has 4 heteroatoms. The summed E-state index contributed by atoms with van der Waals surface area (Å²) in [6, 6.07) is -0.206. The average molecular weight is 211 g/mol. The second kappa shape index (κ2) is 4.31. The van der Waals surface area contributed by atoms with Gasteiger partial charge in [0.1, 0.15) is 0 Å². The molecule has 86 valence electrons. The third-order valence-electron chi connectivity index (χ3n) is 2.71. The lowest BCUT2D eigenvalue weighted by Crippen LogP contribution is -2.26. The summed E-state index contributed by atoms with van der Waals surface area (Å²) in [6.07, 6.45) is 1.00. The van der Waals surface area contributed by atoms with Gasteiger partial charge in [-0.3, -0.25) is 0 Å². The zero-order valence-corrected chi connectivity index (χ0v) is 10.2. The predicted molar refractivity (Wildman–Crippen MR) is 59.4 cm³/mol. The summed E-state index contributed by atoms with van der Waals surface area (Å²) in [5, 5.41) is 3.96. The van der Waals surface area contributed by atoms with E-state index >= 15 is 0 Å². The van der Waals surface area contributed by atoms with E-state index in [0.29, 0.717) is 11.8 Å². The predicted octanol–water partition coefficient (Wildman–Crippen LogP) is 2.63. The minimum Gasteiger partial charge on any atom is -0.338 e. The van der Waals surface area contributed by atoms with Crippen molar-refractivity contribution >= 4 is 0 Å². The summed E-state index contributed by atoms with van der Waals surface area (Å²) >= 11 is 0. The third kappa shape index (κ3) is 2.78. The molecule has 0 amide bonds. The average Bonchev–Trinajstić information content (AvgIpc) is 2.62. The topological polar surface area (TPSA) is 64.9 Å². The Labute approximate surface area is 91.2 Å². The fraction of sp³-hybridized carbons (Fsp3) is 0.818. The van der Waals surface area contributed by atoms with Crippen LogP contribution in [0, 0.1) is 5.41 Å². The van der Waals surface area contributed by atoms with E-state index in [2.05, 4.69) is 44.8 Å². The molecule has 0 bridgehead atoms. The first-order chi connectivity index (χ1) is 6.86. The molecule has 2 atom stereocenters. The normalized spacial score (nSPS) is 16.4. The Morgan fingerprint density at radius 3 is 2.47 bits per heavy atom. The highest BCUT2D eigenvalue weighted by Crippen LogP contribution is 2.30. The van der Waals surface area contributed by atoms with Gasteiger partial charge in [0.2, 0.25) is 5.89 Å². The molecule has 0 aliphatic carbocycles. The second-order valence-corrected chi connectivity index (χ2v) is 5.14. The fourth-order valence-corrected chi connectivity index (χ4v) is 1.13. The SMILES string of the molecule is CCC(C)c1noc([C@H](N)C(C)(C)C)n1. The zero-order valence-electron chi connectivity index (χ0n) is 10.2. The number of aromatic nitrogens is 2. The molecule has 0 saturated carbocycles. The fourth-order valence-electron chi connectivity index (χ4n) is 1.13. The van der Waals surface area contributed by atoms with Crippen LogP contribution in [0.1, 0.15) is 64.7 Å². The van der Waals surface area contributed by atoms with Crippen LogP contribution in [0.2, 0.25) is 0 Å². The van der Waals surface area contributed by atoms with Gasteiger partial charge in [-0.1, -0.05) is 39.8 Å². The standard InChI is InChI=1S/C11H21N3O/c1-6-7(2)9-13-10(15-14-9)8(12)11(3,4)5/h7-8H,6,12H2,1-5H3/t7?,8-/m0/s1. The van der Waals surface area contributed by atoms with Gasteiger partial charge in [0.15, 0.2) is 5.82 Å². The van der Waals surface area contributed by atoms with Crippen molar-refractivity contribution in [3.63, 3.8) is 0 Å². The molecule has 15 heavy (non-hydrogen) atoms. The molecule has 1 aromatic heterocycles. The molecular weight excluding hydrogens is 190 g/mol. The van der Waals surface area contributed by atoms with Crippen molar-refractivity contribution in [3.8, 4) is 0 Å². The Hall–Kier alpha value is -0.900. The summed E-state index contributed by atoms with van der Waals surface area (Å²) in [7, 11) is 0. The lowest BCUT2D eigenvalue weighted by molar-refractivity contribution is 0.252. The monoisotopic (exact) mass is 211 g/mol. The number of hydrogen-bond donors (Lipinski definition) is 1. The first kappa shape index (κ1) is 12.2. The van der Waals surface area contributed by atoms with Gasteiger partial charge in [0, 0.05) is 5.92 Å².